The molecule has 0 bridgehead atoms. The van der Waals surface area contributed by atoms with Crippen LogP contribution in [0.4, 0.5) is 0 Å². The third kappa shape index (κ3) is 2.53. The van der Waals surface area contributed by atoms with Crippen molar-refractivity contribution in [2.45, 2.75) is 5.16 Å². The topological polar surface area (TPSA) is 110 Å². The molecule has 0 radical (unpaired) electrons. The van der Waals surface area contributed by atoms with Crippen molar-refractivity contribution in [2.24, 2.45) is 0 Å². The number of hydrogen-bond acceptors (Lipinski definition) is 6. The van der Waals surface area contributed by atoms with Gasteiger partial charge in [-0.25, -0.2) is 4.98 Å². The smallest absolute Gasteiger partial charge is 0.270 e. The van der Waals surface area contributed by atoms with Crippen molar-refractivity contribution in [1.29, 1.82) is 5.26 Å². The zero-order chi connectivity index (χ0) is 14.0. The molecule has 2 rings (SSSR count). The molecule has 0 aliphatic rings. The lowest BCUT2D eigenvalue weighted by atomic mass is 10.1. The molecule has 0 unspecified atom stereocenters. The van der Waals surface area contributed by atoms with Crippen molar-refractivity contribution in [2.75, 3.05) is 6.26 Å². The van der Waals surface area contributed by atoms with E-state index in [4.69, 9.17) is 5.26 Å². The van der Waals surface area contributed by atoms with Crippen LogP contribution in [-0.4, -0.2) is 26.4 Å². The maximum Gasteiger partial charge on any atom is 0.270 e. The highest BCUT2D eigenvalue weighted by Gasteiger charge is 2.14. The van der Waals surface area contributed by atoms with Crippen molar-refractivity contribution < 1.29 is 10.2 Å². The summed E-state index contributed by atoms with van der Waals surface area (Å²) < 4.78 is 0. The number of phenolic OH excluding ortho intramolecular Hbond substituents is 2. The molecular weight excluding hydrogens is 266 g/mol. The number of nitriles is 1. The molecule has 7 heteroatoms. The van der Waals surface area contributed by atoms with Gasteiger partial charge < -0.3 is 15.2 Å². The number of nitrogens with zero attached hydrogens (tertiary/aromatic N) is 2. The molecule has 2 aromatic rings. The molecule has 1 aromatic carbocycles. The fraction of sp³-hybridized carbons (Fsp3) is 0.0833. The van der Waals surface area contributed by atoms with Crippen LogP contribution in [0.5, 0.6) is 11.5 Å². The lowest BCUT2D eigenvalue weighted by Crippen LogP contribution is -2.14. The van der Waals surface area contributed by atoms with Gasteiger partial charge in [0.2, 0.25) is 0 Å². The van der Waals surface area contributed by atoms with Crippen LogP contribution >= 0.6 is 11.8 Å². The summed E-state index contributed by atoms with van der Waals surface area (Å²) in [5.74, 6) is -0.349. The average Bonchev–Trinajstić information content (AvgIpc) is 2.36. The second-order valence-electron chi connectivity index (χ2n) is 3.65. The van der Waals surface area contributed by atoms with Crippen molar-refractivity contribution in [1.82, 2.24) is 9.97 Å². The van der Waals surface area contributed by atoms with E-state index in [0.29, 0.717) is 10.7 Å². The van der Waals surface area contributed by atoms with Crippen LogP contribution in [-0.2, 0) is 0 Å². The number of benzene rings is 1. The summed E-state index contributed by atoms with van der Waals surface area (Å²) in [6, 6.07) is 5.58. The predicted molar refractivity (Wildman–Crippen MR) is 70.1 cm³/mol. The Kier molecular flexibility index (Phi) is 3.44. The molecule has 0 spiro atoms. The van der Waals surface area contributed by atoms with Crippen molar-refractivity contribution in [3.63, 3.8) is 0 Å². The van der Waals surface area contributed by atoms with Crippen LogP contribution in [0.1, 0.15) is 5.56 Å². The standard InChI is InChI=1S/C12H9N3O3S/c1-19-12-14-10(9(5-13)11(18)15-12)6-2-7(16)4-8(17)3-6/h2-4,16-17H,1H3,(H,14,15,18). The minimum Gasteiger partial charge on any atom is -0.508 e. The first-order valence-electron chi connectivity index (χ1n) is 5.17. The van der Waals surface area contributed by atoms with Crippen LogP contribution in [0.2, 0.25) is 0 Å². The van der Waals surface area contributed by atoms with E-state index in [1.807, 2.05) is 0 Å². The molecule has 6 nitrogen and oxygen atoms in total. The molecule has 0 aliphatic heterocycles. The number of rotatable bonds is 2. The van der Waals surface area contributed by atoms with Gasteiger partial charge in [0.05, 0.1) is 5.69 Å². The van der Waals surface area contributed by atoms with E-state index in [1.54, 1.807) is 12.3 Å². The molecule has 96 valence electrons. The molecule has 19 heavy (non-hydrogen) atoms. The fourth-order valence-corrected chi connectivity index (χ4v) is 1.97. The number of hydrogen-bond donors (Lipinski definition) is 3. The van der Waals surface area contributed by atoms with Gasteiger partial charge in [0.15, 0.2) is 5.16 Å². The van der Waals surface area contributed by atoms with E-state index in [1.165, 1.54) is 23.9 Å². The predicted octanol–water partition coefficient (Wildman–Crippen LogP) is 1.44. The Labute approximate surface area is 112 Å². The third-order valence-corrected chi connectivity index (χ3v) is 2.96. The van der Waals surface area contributed by atoms with Crippen LogP contribution in [0.15, 0.2) is 28.2 Å². The van der Waals surface area contributed by atoms with Gasteiger partial charge >= 0.3 is 0 Å². The van der Waals surface area contributed by atoms with E-state index in [9.17, 15) is 15.0 Å². The summed E-state index contributed by atoms with van der Waals surface area (Å²) in [7, 11) is 0. The zero-order valence-corrected chi connectivity index (χ0v) is 10.7. The van der Waals surface area contributed by atoms with E-state index in [2.05, 4.69) is 9.97 Å². The number of nitrogens with one attached hydrogen (secondary N) is 1. The maximum absolute atomic E-state index is 11.7. The number of aromatic nitrogens is 2. The number of aromatic hydroxyl groups is 2. The Hall–Kier alpha value is -2.46. The van der Waals surface area contributed by atoms with Crippen LogP contribution in [0.3, 0.4) is 0 Å². The largest absolute Gasteiger partial charge is 0.508 e. The molecule has 0 saturated carbocycles. The van der Waals surface area contributed by atoms with Crippen LogP contribution in [0, 0.1) is 11.3 Å². The molecule has 0 saturated heterocycles. The number of phenols is 2. The van der Waals surface area contributed by atoms with Crippen molar-refractivity contribution in [3.05, 3.63) is 34.1 Å². The van der Waals surface area contributed by atoms with Gasteiger partial charge in [-0.2, -0.15) is 5.26 Å². The highest BCUT2D eigenvalue weighted by molar-refractivity contribution is 7.98. The number of H-pyrrole nitrogens is 1. The second kappa shape index (κ2) is 5.04. The fourth-order valence-electron chi connectivity index (χ4n) is 1.59. The SMILES string of the molecule is CSc1nc(-c2cc(O)cc(O)c2)c(C#N)c(=O)[nH]1. The van der Waals surface area contributed by atoms with E-state index in [-0.39, 0.29) is 22.8 Å². The third-order valence-electron chi connectivity index (χ3n) is 2.38. The lowest BCUT2D eigenvalue weighted by Gasteiger charge is -2.06. The molecule has 0 atom stereocenters. The summed E-state index contributed by atoms with van der Waals surface area (Å²) in [4.78, 5) is 18.3. The van der Waals surface area contributed by atoms with Crippen molar-refractivity contribution in [3.8, 4) is 28.8 Å². The van der Waals surface area contributed by atoms with E-state index in [0.717, 1.165) is 6.07 Å². The number of thioether (sulfide) groups is 1. The highest BCUT2D eigenvalue weighted by atomic mass is 32.2. The molecule has 1 heterocycles. The minimum atomic E-state index is -0.556. The Morgan fingerprint density at radius 2 is 1.95 bits per heavy atom. The summed E-state index contributed by atoms with van der Waals surface area (Å²) in [6.07, 6.45) is 1.73. The first kappa shape index (κ1) is 13.0. The normalized spacial score (nSPS) is 10.1. The highest BCUT2D eigenvalue weighted by Crippen LogP contribution is 2.28. The van der Waals surface area contributed by atoms with Gasteiger partial charge in [-0.05, 0) is 18.4 Å². The van der Waals surface area contributed by atoms with E-state index < -0.39 is 5.56 Å². The van der Waals surface area contributed by atoms with Gasteiger partial charge in [-0.3, -0.25) is 4.79 Å². The van der Waals surface area contributed by atoms with E-state index >= 15 is 0 Å². The lowest BCUT2D eigenvalue weighted by molar-refractivity contribution is 0.451. The summed E-state index contributed by atoms with van der Waals surface area (Å²) in [5.41, 5.74) is -0.292. The molecule has 3 N–H and O–H groups in total. The van der Waals surface area contributed by atoms with Gasteiger partial charge in [-0.1, -0.05) is 11.8 Å². The quantitative estimate of drug-likeness (QED) is 0.565. The molecular formula is C12H9N3O3S. The molecule has 1 aromatic heterocycles. The first-order chi connectivity index (χ1) is 9.05. The monoisotopic (exact) mass is 275 g/mol. The number of aromatic amines is 1. The van der Waals surface area contributed by atoms with Crippen molar-refractivity contribution >= 4 is 11.8 Å². The Bertz CT molecular complexity index is 714. The van der Waals surface area contributed by atoms with Gasteiger partial charge in [0.25, 0.3) is 5.56 Å². The Balaban J connectivity index is 2.77. The Morgan fingerprint density at radius 3 is 2.47 bits per heavy atom. The summed E-state index contributed by atoms with van der Waals surface area (Å²) in [5, 5.41) is 28.3. The molecule has 0 amide bonds. The summed E-state index contributed by atoms with van der Waals surface area (Å²) >= 11 is 1.22. The molecule has 0 fully saturated rings. The summed E-state index contributed by atoms with van der Waals surface area (Å²) in [6.45, 7) is 0. The van der Waals surface area contributed by atoms with Crippen LogP contribution in [0.25, 0.3) is 11.3 Å². The second-order valence-corrected chi connectivity index (χ2v) is 4.44. The van der Waals surface area contributed by atoms with Crippen LogP contribution < -0.4 is 5.56 Å². The maximum atomic E-state index is 11.7. The zero-order valence-electron chi connectivity index (χ0n) is 9.84. The van der Waals surface area contributed by atoms with Gasteiger partial charge in [0, 0.05) is 11.6 Å². The van der Waals surface area contributed by atoms with Gasteiger partial charge in [-0.15, -0.1) is 0 Å². The molecule has 0 aliphatic carbocycles. The minimum absolute atomic E-state index is 0.127. The average molecular weight is 275 g/mol. The van der Waals surface area contributed by atoms with Gasteiger partial charge in [0.1, 0.15) is 23.1 Å². The Morgan fingerprint density at radius 1 is 1.32 bits per heavy atom. The first-order valence-corrected chi connectivity index (χ1v) is 6.39.